The quantitative estimate of drug-likeness (QED) is 0.610. The number of nitrogens with one attached hydrogen (secondary N) is 1. The molecule has 1 heterocycles. The topological polar surface area (TPSA) is 47.0 Å². The number of aromatic nitrogens is 2. The van der Waals surface area contributed by atoms with Gasteiger partial charge in [0.15, 0.2) is 0 Å². The second-order valence-electron chi connectivity index (χ2n) is 4.59. The second kappa shape index (κ2) is 7.54. The van der Waals surface area contributed by atoms with Gasteiger partial charge in [-0.05, 0) is 40.5 Å². The van der Waals surface area contributed by atoms with E-state index in [0.29, 0.717) is 17.1 Å². The van der Waals surface area contributed by atoms with Gasteiger partial charge in [0.2, 0.25) is 0 Å². The first-order valence-electron chi connectivity index (χ1n) is 6.37. The average molecular weight is 272 g/mol. The van der Waals surface area contributed by atoms with Crippen molar-refractivity contribution in [2.45, 2.75) is 46.6 Å². The largest absolute Gasteiger partial charge is 0.379 e. The summed E-state index contributed by atoms with van der Waals surface area (Å²) in [4.78, 5) is 8.45. The zero-order chi connectivity index (χ0) is 13.5. The van der Waals surface area contributed by atoms with Crippen LogP contribution < -0.4 is 5.32 Å². The van der Waals surface area contributed by atoms with Crippen LogP contribution in [0.25, 0.3) is 0 Å². The van der Waals surface area contributed by atoms with Crippen molar-refractivity contribution in [2.75, 3.05) is 18.5 Å². The minimum Gasteiger partial charge on any atom is -0.379 e. The lowest BCUT2D eigenvalue weighted by molar-refractivity contribution is 0.0765. The van der Waals surface area contributed by atoms with Crippen molar-refractivity contribution in [3.8, 4) is 0 Å². The van der Waals surface area contributed by atoms with Crippen LogP contribution in [0.2, 0.25) is 5.15 Å². The Kier molecular flexibility index (Phi) is 6.36. The molecule has 0 atom stereocenters. The first kappa shape index (κ1) is 15.2. The van der Waals surface area contributed by atoms with Gasteiger partial charge in [0, 0.05) is 18.7 Å². The lowest BCUT2D eigenvalue weighted by atomic mass is 10.3. The summed E-state index contributed by atoms with van der Waals surface area (Å²) >= 11 is 6.01. The molecule has 1 aromatic rings. The van der Waals surface area contributed by atoms with Crippen molar-refractivity contribution in [3.63, 3.8) is 0 Å². The van der Waals surface area contributed by atoms with Crippen molar-refractivity contribution in [2.24, 2.45) is 0 Å². The summed E-state index contributed by atoms with van der Waals surface area (Å²) in [5.41, 5.74) is 0.903. The van der Waals surface area contributed by atoms with Gasteiger partial charge < -0.3 is 10.1 Å². The van der Waals surface area contributed by atoms with Gasteiger partial charge >= 0.3 is 0 Å². The van der Waals surface area contributed by atoms with Crippen LogP contribution in [-0.4, -0.2) is 29.2 Å². The van der Waals surface area contributed by atoms with E-state index in [1.165, 1.54) is 0 Å². The third-order valence-corrected chi connectivity index (χ3v) is 2.88. The highest BCUT2D eigenvalue weighted by Gasteiger charge is 2.06. The van der Waals surface area contributed by atoms with E-state index in [2.05, 4.69) is 15.3 Å². The molecule has 4 nitrogen and oxygen atoms in total. The molecule has 102 valence electrons. The van der Waals surface area contributed by atoms with Crippen LogP contribution in [0, 0.1) is 13.8 Å². The fraction of sp³-hybridized carbons (Fsp3) is 0.692. The number of nitrogens with zero attached hydrogens (tertiary/aromatic N) is 2. The van der Waals surface area contributed by atoms with Crippen LogP contribution in [-0.2, 0) is 4.74 Å². The van der Waals surface area contributed by atoms with Gasteiger partial charge in [-0.1, -0.05) is 11.6 Å². The summed E-state index contributed by atoms with van der Waals surface area (Å²) in [6, 6.07) is 0. The summed E-state index contributed by atoms with van der Waals surface area (Å²) < 4.78 is 5.48. The van der Waals surface area contributed by atoms with Gasteiger partial charge in [0.25, 0.3) is 0 Å². The third-order valence-electron chi connectivity index (χ3n) is 2.51. The van der Waals surface area contributed by atoms with Crippen molar-refractivity contribution in [1.29, 1.82) is 0 Å². The molecule has 0 aliphatic rings. The normalized spacial score (nSPS) is 11.0. The van der Waals surface area contributed by atoms with E-state index in [4.69, 9.17) is 16.3 Å². The molecule has 0 spiro atoms. The standard InChI is InChI=1S/C13H22ClN3O/c1-9(2)18-8-6-5-7-15-13-10(3)12(14)16-11(4)17-13/h9H,5-8H2,1-4H3,(H,15,16,17). The first-order chi connectivity index (χ1) is 8.50. The van der Waals surface area contributed by atoms with Crippen LogP contribution in [0.4, 0.5) is 5.82 Å². The Labute approximate surface area is 114 Å². The molecular formula is C13H22ClN3O. The molecule has 0 unspecified atom stereocenters. The highest BCUT2D eigenvalue weighted by molar-refractivity contribution is 6.30. The third kappa shape index (κ3) is 5.19. The molecule has 0 saturated heterocycles. The smallest absolute Gasteiger partial charge is 0.137 e. The lowest BCUT2D eigenvalue weighted by Crippen LogP contribution is -2.09. The van der Waals surface area contributed by atoms with E-state index >= 15 is 0 Å². The number of hydrogen-bond donors (Lipinski definition) is 1. The van der Waals surface area contributed by atoms with Gasteiger partial charge in [-0.3, -0.25) is 0 Å². The minimum absolute atomic E-state index is 0.309. The summed E-state index contributed by atoms with van der Waals surface area (Å²) in [6.07, 6.45) is 2.40. The Morgan fingerprint density at radius 2 is 1.94 bits per heavy atom. The highest BCUT2D eigenvalue weighted by atomic mass is 35.5. The van der Waals surface area contributed by atoms with E-state index < -0.39 is 0 Å². The Hall–Kier alpha value is -0.870. The molecule has 1 aromatic heterocycles. The molecule has 1 rings (SSSR count). The van der Waals surface area contributed by atoms with Crippen LogP contribution in [0.1, 0.15) is 38.1 Å². The molecule has 5 heteroatoms. The van der Waals surface area contributed by atoms with Crippen LogP contribution in [0.5, 0.6) is 0 Å². The molecule has 1 N–H and O–H groups in total. The number of halogens is 1. The van der Waals surface area contributed by atoms with E-state index in [1.807, 2.05) is 27.7 Å². The average Bonchev–Trinajstić information content (AvgIpc) is 2.29. The monoisotopic (exact) mass is 271 g/mol. The number of ether oxygens (including phenoxy) is 1. The van der Waals surface area contributed by atoms with E-state index in [0.717, 1.165) is 37.4 Å². The maximum atomic E-state index is 6.01. The zero-order valence-electron chi connectivity index (χ0n) is 11.6. The second-order valence-corrected chi connectivity index (χ2v) is 4.95. The highest BCUT2D eigenvalue weighted by Crippen LogP contribution is 2.19. The van der Waals surface area contributed by atoms with Crippen molar-refractivity contribution in [1.82, 2.24) is 9.97 Å². The van der Waals surface area contributed by atoms with Gasteiger partial charge in [-0.15, -0.1) is 0 Å². The van der Waals surface area contributed by atoms with Gasteiger partial charge in [-0.2, -0.15) is 0 Å². The number of rotatable bonds is 7. The molecule has 0 aromatic carbocycles. The maximum Gasteiger partial charge on any atom is 0.137 e. The maximum absolute atomic E-state index is 6.01. The van der Waals surface area contributed by atoms with Gasteiger partial charge in [0.1, 0.15) is 16.8 Å². The van der Waals surface area contributed by atoms with Crippen LogP contribution >= 0.6 is 11.6 Å². The number of aryl methyl sites for hydroxylation is 1. The first-order valence-corrected chi connectivity index (χ1v) is 6.74. The van der Waals surface area contributed by atoms with E-state index in [9.17, 15) is 0 Å². The molecule has 0 aliphatic carbocycles. The van der Waals surface area contributed by atoms with Crippen molar-refractivity contribution >= 4 is 17.4 Å². The summed E-state index contributed by atoms with van der Waals surface area (Å²) in [5.74, 6) is 1.52. The molecular weight excluding hydrogens is 250 g/mol. The number of unbranched alkanes of at least 4 members (excludes halogenated alkanes) is 1. The lowest BCUT2D eigenvalue weighted by Gasteiger charge is -2.11. The van der Waals surface area contributed by atoms with Gasteiger partial charge in [-0.25, -0.2) is 9.97 Å². The predicted molar refractivity (Wildman–Crippen MR) is 75.3 cm³/mol. The van der Waals surface area contributed by atoms with Crippen LogP contribution in [0.15, 0.2) is 0 Å². The Morgan fingerprint density at radius 3 is 2.61 bits per heavy atom. The fourth-order valence-corrected chi connectivity index (χ4v) is 1.73. The van der Waals surface area contributed by atoms with Crippen molar-refractivity contribution < 1.29 is 4.74 Å². The molecule has 0 radical (unpaired) electrons. The number of hydrogen-bond acceptors (Lipinski definition) is 4. The zero-order valence-corrected chi connectivity index (χ0v) is 12.3. The minimum atomic E-state index is 0.309. The fourth-order valence-electron chi connectivity index (χ4n) is 1.52. The predicted octanol–water partition coefficient (Wildman–Crippen LogP) is 3.36. The van der Waals surface area contributed by atoms with Crippen LogP contribution in [0.3, 0.4) is 0 Å². The van der Waals surface area contributed by atoms with Gasteiger partial charge in [0.05, 0.1) is 6.10 Å². The van der Waals surface area contributed by atoms with Crippen molar-refractivity contribution in [3.05, 3.63) is 16.5 Å². The summed E-state index contributed by atoms with van der Waals surface area (Å²) in [5, 5.41) is 3.81. The SMILES string of the molecule is Cc1nc(Cl)c(C)c(NCCCCOC(C)C)n1. The Balaban J connectivity index is 2.31. The summed E-state index contributed by atoms with van der Waals surface area (Å²) in [7, 11) is 0. The van der Waals surface area contributed by atoms with E-state index in [1.54, 1.807) is 0 Å². The number of anilines is 1. The molecule has 18 heavy (non-hydrogen) atoms. The molecule has 0 amide bonds. The molecule has 0 aliphatic heterocycles. The molecule has 0 bridgehead atoms. The summed E-state index contributed by atoms with van der Waals surface area (Å²) in [6.45, 7) is 9.54. The molecule has 0 fully saturated rings. The molecule has 0 saturated carbocycles. The van der Waals surface area contributed by atoms with E-state index in [-0.39, 0.29) is 0 Å². The Bertz CT molecular complexity index is 383. The Morgan fingerprint density at radius 1 is 1.22 bits per heavy atom.